The van der Waals surface area contributed by atoms with Gasteiger partial charge in [0, 0.05) is 31.0 Å². The van der Waals surface area contributed by atoms with Gasteiger partial charge in [-0.2, -0.15) is 0 Å². The van der Waals surface area contributed by atoms with Crippen LogP contribution in [0, 0.1) is 5.92 Å². The number of imide groups is 1. The highest BCUT2D eigenvalue weighted by Gasteiger charge is 2.26. The summed E-state index contributed by atoms with van der Waals surface area (Å²) in [7, 11) is 0. The molecule has 0 radical (unpaired) electrons. The Hall–Kier alpha value is -2.18. The Morgan fingerprint density at radius 3 is 2.12 bits per heavy atom. The van der Waals surface area contributed by atoms with Gasteiger partial charge in [0.25, 0.3) is 11.8 Å². The summed E-state index contributed by atoms with van der Waals surface area (Å²) in [6.45, 7) is 0.0472. The predicted molar refractivity (Wildman–Crippen MR) is 57.0 cm³/mol. The molecule has 1 heterocycles. The molecule has 4 amide bonds. The molecule has 0 spiro atoms. The molecule has 0 aliphatic carbocycles. The Labute approximate surface area is 97.4 Å². The van der Waals surface area contributed by atoms with E-state index in [1.54, 1.807) is 0 Å². The van der Waals surface area contributed by atoms with Crippen molar-refractivity contribution in [3.05, 3.63) is 12.2 Å². The van der Waals surface area contributed by atoms with Gasteiger partial charge in [-0.3, -0.25) is 24.1 Å². The van der Waals surface area contributed by atoms with Crippen LogP contribution in [0.1, 0.15) is 12.8 Å². The van der Waals surface area contributed by atoms with Crippen molar-refractivity contribution in [1.82, 2.24) is 4.90 Å². The second-order valence-corrected chi connectivity index (χ2v) is 3.72. The molecule has 92 valence electrons. The van der Waals surface area contributed by atoms with Crippen molar-refractivity contribution in [2.24, 2.45) is 17.4 Å². The molecule has 1 rings (SSSR count). The van der Waals surface area contributed by atoms with Crippen molar-refractivity contribution in [2.75, 3.05) is 6.54 Å². The average Bonchev–Trinajstić information content (AvgIpc) is 2.53. The van der Waals surface area contributed by atoms with Gasteiger partial charge in [0.1, 0.15) is 0 Å². The highest BCUT2D eigenvalue weighted by molar-refractivity contribution is 6.12. The smallest absolute Gasteiger partial charge is 0.253 e. The zero-order valence-corrected chi connectivity index (χ0v) is 9.09. The lowest BCUT2D eigenvalue weighted by Crippen LogP contribution is -2.35. The Bertz CT molecular complexity index is 384. The van der Waals surface area contributed by atoms with E-state index in [1.165, 1.54) is 0 Å². The van der Waals surface area contributed by atoms with E-state index < -0.39 is 29.5 Å². The molecule has 1 aliphatic rings. The van der Waals surface area contributed by atoms with E-state index in [1.807, 2.05) is 0 Å². The third kappa shape index (κ3) is 3.40. The number of nitrogens with zero attached hydrogens (tertiary/aromatic N) is 1. The molecule has 0 bridgehead atoms. The second-order valence-electron chi connectivity index (χ2n) is 3.72. The van der Waals surface area contributed by atoms with Gasteiger partial charge in [-0.05, 0) is 6.42 Å². The molecule has 1 unspecified atom stereocenters. The van der Waals surface area contributed by atoms with E-state index in [0.29, 0.717) is 0 Å². The van der Waals surface area contributed by atoms with Gasteiger partial charge in [-0.1, -0.05) is 0 Å². The van der Waals surface area contributed by atoms with E-state index in [4.69, 9.17) is 11.5 Å². The number of carbonyl (C=O) groups excluding carboxylic acids is 4. The fraction of sp³-hybridized carbons (Fsp3) is 0.400. The van der Waals surface area contributed by atoms with Crippen LogP contribution in [0.2, 0.25) is 0 Å². The van der Waals surface area contributed by atoms with Gasteiger partial charge in [0.15, 0.2) is 0 Å². The largest absolute Gasteiger partial charge is 0.370 e. The third-order valence-corrected chi connectivity index (χ3v) is 2.45. The molecular formula is C10H13N3O4. The predicted octanol–water partition coefficient (Wildman–Crippen LogP) is -1.72. The van der Waals surface area contributed by atoms with E-state index in [0.717, 1.165) is 17.1 Å². The SMILES string of the molecule is NC(=O)CC(CCN1C(=O)C=CC1=O)C(N)=O. The van der Waals surface area contributed by atoms with Crippen molar-refractivity contribution in [2.45, 2.75) is 12.8 Å². The summed E-state index contributed by atoms with van der Waals surface area (Å²) < 4.78 is 0. The standard InChI is InChI=1S/C10H13N3O4/c11-7(14)5-6(10(12)17)3-4-13-8(15)1-2-9(13)16/h1-2,6H,3-5H2,(H2,11,14)(H2,12,17). The minimum atomic E-state index is -0.756. The Balaban J connectivity index is 2.52. The fourth-order valence-corrected chi connectivity index (χ4v) is 1.52. The highest BCUT2D eigenvalue weighted by atomic mass is 16.2. The van der Waals surface area contributed by atoms with E-state index in [9.17, 15) is 19.2 Å². The topological polar surface area (TPSA) is 124 Å². The molecule has 0 saturated carbocycles. The minimum Gasteiger partial charge on any atom is -0.370 e. The summed E-state index contributed by atoms with van der Waals surface area (Å²) in [6.07, 6.45) is 2.25. The molecule has 17 heavy (non-hydrogen) atoms. The molecule has 0 fully saturated rings. The number of hydrogen-bond acceptors (Lipinski definition) is 4. The van der Waals surface area contributed by atoms with Crippen LogP contribution in [-0.4, -0.2) is 35.1 Å². The fourth-order valence-electron chi connectivity index (χ4n) is 1.52. The number of rotatable bonds is 6. The van der Waals surface area contributed by atoms with Crippen LogP contribution >= 0.6 is 0 Å². The zero-order chi connectivity index (χ0) is 13.0. The molecule has 0 saturated heterocycles. The summed E-state index contributed by atoms with van der Waals surface area (Å²) in [6, 6.07) is 0. The monoisotopic (exact) mass is 239 g/mol. The average molecular weight is 239 g/mol. The molecule has 7 heteroatoms. The van der Waals surface area contributed by atoms with E-state index in [2.05, 4.69) is 0 Å². The van der Waals surface area contributed by atoms with Gasteiger partial charge in [-0.25, -0.2) is 0 Å². The first kappa shape index (κ1) is 12.9. The van der Waals surface area contributed by atoms with Crippen molar-refractivity contribution in [3.8, 4) is 0 Å². The van der Waals surface area contributed by atoms with Gasteiger partial charge >= 0.3 is 0 Å². The lowest BCUT2D eigenvalue weighted by Gasteiger charge is -2.17. The molecule has 0 aromatic heterocycles. The summed E-state index contributed by atoms with van der Waals surface area (Å²) >= 11 is 0. The number of amides is 4. The second kappa shape index (κ2) is 5.24. The maximum Gasteiger partial charge on any atom is 0.253 e. The Morgan fingerprint density at radius 2 is 1.71 bits per heavy atom. The zero-order valence-electron chi connectivity index (χ0n) is 9.09. The van der Waals surface area contributed by atoms with E-state index >= 15 is 0 Å². The maximum atomic E-state index is 11.2. The van der Waals surface area contributed by atoms with Crippen molar-refractivity contribution in [3.63, 3.8) is 0 Å². The molecule has 7 nitrogen and oxygen atoms in total. The summed E-state index contributed by atoms with van der Waals surface area (Å²) in [5.41, 5.74) is 10.1. The first-order valence-electron chi connectivity index (χ1n) is 5.03. The first-order valence-corrected chi connectivity index (χ1v) is 5.03. The van der Waals surface area contributed by atoms with Crippen LogP contribution in [0.15, 0.2) is 12.2 Å². The minimum absolute atomic E-state index is 0.0472. The van der Waals surface area contributed by atoms with Crippen LogP contribution in [0.3, 0.4) is 0 Å². The Morgan fingerprint density at radius 1 is 1.18 bits per heavy atom. The lowest BCUT2D eigenvalue weighted by molar-refractivity contribution is -0.137. The molecular weight excluding hydrogens is 226 g/mol. The summed E-state index contributed by atoms with van der Waals surface area (Å²) in [5.74, 6) is -2.94. The van der Waals surface area contributed by atoms with Crippen LogP contribution in [0.4, 0.5) is 0 Å². The first-order chi connectivity index (χ1) is 7.91. The van der Waals surface area contributed by atoms with E-state index in [-0.39, 0.29) is 19.4 Å². The van der Waals surface area contributed by atoms with Gasteiger partial charge < -0.3 is 11.5 Å². The van der Waals surface area contributed by atoms with Crippen LogP contribution in [0.5, 0.6) is 0 Å². The number of hydrogen-bond donors (Lipinski definition) is 2. The van der Waals surface area contributed by atoms with Crippen molar-refractivity contribution in [1.29, 1.82) is 0 Å². The number of nitrogens with two attached hydrogens (primary N) is 2. The van der Waals surface area contributed by atoms with Gasteiger partial charge in [-0.15, -0.1) is 0 Å². The molecule has 0 aromatic carbocycles. The molecule has 1 aliphatic heterocycles. The molecule has 0 aromatic rings. The highest BCUT2D eigenvalue weighted by Crippen LogP contribution is 2.11. The molecule has 4 N–H and O–H groups in total. The van der Waals surface area contributed by atoms with Crippen LogP contribution in [-0.2, 0) is 19.2 Å². The van der Waals surface area contributed by atoms with Crippen molar-refractivity contribution >= 4 is 23.6 Å². The summed E-state index contributed by atoms with van der Waals surface area (Å²) in [5, 5.41) is 0. The summed E-state index contributed by atoms with van der Waals surface area (Å²) in [4.78, 5) is 45.1. The van der Waals surface area contributed by atoms with Crippen LogP contribution < -0.4 is 11.5 Å². The Kier molecular flexibility index (Phi) is 3.97. The van der Waals surface area contributed by atoms with Gasteiger partial charge in [0.05, 0.1) is 0 Å². The molecule has 1 atom stereocenters. The quantitative estimate of drug-likeness (QED) is 0.535. The normalized spacial score (nSPS) is 16.4. The number of primary amides is 2. The third-order valence-electron chi connectivity index (χ3n) is 2.45. The van der Waals surface area contributed by atoms with Crippen LogP contribution in [0.25, 0.3) is 0 Å². The van der Waals surface area contributed by atoms with Crippen molar-refractivity contribution < 1.29 is 19.2 Å². The number of carbonyl (C=O) groups is 4. The maximum absolute atomic E-state index is 11.2. The lowest BCUT2D eigenvalue weighted by atomic mass is 10.00. The van der Waals surface area contributed by atoms with Gasteiger partial charge in [0.2, 0.25) is 11.8 Å².